The van der Waals surface area contributed by atoms with E-state index in [9.17, 15) is 4.79 Å². The lowest BCUT2D eigenvalue weighted by molar-refractivity contribution is -0.114. The van der Waals surface area contributed by atoms with E-state index in [4.69, 9.17) is 0 Å². The molecule has 2 aromatic heterocycles. The fourth-order valence-corrected chi connectivity index (χ4v) is 2.42. The van der Waals surface area contributed by atoms with Gasteiger partial charge in [-0.3, -0.25) is 4.79 Å². The summed E-state index contributed by atoms with van der Waals surface area (Å²) < 4.78 is 0. The standard InChI is InChI=1S/C12H16N4OS/c1-9(17)16-11-3-5-18-12(11)7-13-4-2-10-6-14-8-15-10/h3,5-6,8,13H,2,4,7H2,1H3,(H,14,15)(H,16,17). The average molecular weight is 264 g/mol. The van der Waals surface area contributed by atoms with E-state index in [1.807, 2.05) is 17.6 Å². The second kappa shape index (κ2) is 6.32. The number of imidazole rings is 1. The Morgan fingerprint density at radius 1 is 1.56 bits per heavy atom. The third kappa shape index (κ3) is 3.68. The molecule has 6 heteroatoms. The van der Waals surface area contributed by atoms with Crippen LogP contribution in [0.1, 0.15) is 17.5 Å². The molecular formula is C12H16N4OS. The summed E-state index contributed by atoms with van der Waals surface area (Å²) in [5.41, 5.74) is 2.03. The molecular weight excluding hydrogens is 248 g/mol. The van der Waals surface area contributed by atoms with Gasteiger partial charge in [-0.1, -0.05) is 0 Å². The van der Waals surface area contributed by atoms with Gasteiger partial charge in [-0.15, -0.1) is 11.3 Å². The number of thiophene rings is 1. The molecule has 0 fully saturated rings. The van der Waals surface area contributed by atoms with Crippen LogP contribution in [0.3, 0.4) is 0 Å². The SMILES string of the molecule is CC(=O)Nc1ccsc1CNCCc1cnc[nH]1. The lowest BCUT2D eigenvalue weighted by Crippen LogP contribution is -2.17. The van der Waals surface area contributed by atoms with Gasteiger partial charge in [-0.05, 0) is 11.4 Å². The normalized spacial score (nSPS) is 10.5. The Kier molecular flexibility index (Phi) is 4.49. The van der Waals surface area contributed by atoms with Crippen molar-refractivity contribution in [3.05, 3.63) is 34.5 Å². The highest BCUT2D eigenvalue weighted by molar-refractivity contribution is 7.10. The number of hydrogen-bond acceptors (Lipinski definition) is 4. The minimum Gasteiger partial charge on any atom is -0.348 e. The van der Waals surface area contributed by atoms with Crippen molar-refractivity contribution in [1.82, 2.24) is 15.3 Å². The largest absolute Gasteiger partial charge is 0.348 e. The van der Waals surface area contributed by atoms with Crippen molar-refractivity contribution in [3.8, 4) is 0 Å². The topological polar surface area (TPSA) is 69.8 Å². The minimum absolute atomic E-state index is 0.0351. The maximum Gasteiger partial charge on any atom is 0.221 e. The van der Waals surface area contributed by atoms with Crippen LogP contribution in [0.2, 0.25) is 0 Å². The maximum atomic E-state index is 11.0. The first kappa shape index (κ1) is 12.8. The number of rotatable bonds is 6. The predicted octanol–water partition coefficient (Wildman–Crippen LogP) is 1.76. The van der Waals surface area contributed by atoms with Gasteiger partial charge < -0.3 is 15.6 Å². The van der Waals surface area contributed by atoms with Crippen molar-refractivity contribution in [1.29, 1.82) is 0 Å². The lowest BCUT2D eigenvalue weighted by atomic mass is 10.3. The van der Waals surface area contributed by atoms with Gasteiger partial charge in [-0.2, -0.15) is 0 Å². The van der Waals surface area contributed by atoms with E-state index in [-0.39, 0.29) is 5.91 Å². The molecule has 18 heavy (non-hydrogen) atoms. The summed E-state index contributed by atoms with van der Waals surface area (Å²) in [7, 11) is 0. The molecule has 96 valence electrons. The number of hydrogen-bond donors (Lipinski definition) is 3. The Balaban J connectivity index is 1.76. The average Bonchev–Trinajstić information content (AvgIpc) is 2.95. The van der Waals surface area contributed by atoms with E-state index in [1.165, 1.54) is 6.92 Å². The molecule has 0 unspecified atom stereocenters. The summed E-state index contributed by atoms with van der Waals surface area (Å²) in [5, 5.41) is 8.16. The van der Waals surface area contributed by atoms with E-state index in [0.717, 1.165) is 35.8 Å². The number of anilines is 1. The zero-order chi connectivity index (χ0) is 12.8. The molecule has 3 N–H and O–H groups in total. The van der Waals surface area contributed by atoms with Gasteiger partial charge in [0.05, 0.1) is 12.0 Å². The van der Waals surface area contributed by atoms with Crippen molar-refractivity contribution in [2.24, 2.45) is 0 Å². The third-order valence-electron chi connectivity index (χ3n) is 2.47. The molecule has 1 amide bonds. The molecule has 0 radical (unpaired) electrons. The monoisotopic (exact) mass is 264 g/mol. The molecule has 2 heterocycles. The Labute approximate surface area is 110 Å². The van der Waals surface area contributed by atoms with Crippen LogP contribution in [0.5, 0.6) is 0 Å². The minimum atomic E-state index is -0.0351. The van der Waals surface area contributed by atoms with Crippen LogP contribution in [0.25, 0.3) is 0 Å². The number of aromatic nitrogens is 2. The van der Waals surface area contributed by atoms with Gasteiger partial charge in [-0.25, -0.2) is 4.98 Å². The molecule has 0 aromatic carbocycles. The van der Waals surface area contributed by atoms with E-state index in [0.29, 0.717) is 0 Å². The van der Waals surface area contributed by atoms with Crippen molar-refractivity contribution in [2.45, 2.75) is 19.9 Å². The highest BCUT2D eigenvalue weighted by atomic mass is 32.1. The summed E-state index contributed by atoms with van der Waals surface area (Å²) in [6.45, 7) is 3.16. The Morgan fingerprint density at radius 3 is 3.17 bits per heavy atom. The van der Waals surface area contributed by atoms with E-state index < -0.39 is 0 Å². The molecule has 0 atom stereocenters. The second-order valence-electron chi connectivity index (χ2n) is 3.94. The summed E-state index contributed by atoms with van der Waals surface area (Å²) in [5.74, 6) is -0.0351. The number of H-pyrrole nitrogens is 1. The van der Waals surface area contributed by atoms with Crippen molar-refractivity contribution < 1.29 is 4.79 Å². The highest BCUT2D eigenvalue weighted by Crippen LogP contribution is 2.21. The maximum absolute atomic E-state index is 11.0. The zero-order valence-electron chi connectivity index (χ0n) is 10.2. The van der Waals surface area contributed by atoms with E-state index in [1.54, 1.807) is 17.7 Å². The Hall–Kier alpha value is -1.66. The van der Waals surface area contributed by atoms with Gasteiger partial charge in [0.25, 0.3) is 0 Å². The van der Waals surface area contributed by atoms with Crippen LogP contribution in [0.4, 0.5) is 5.69 Å². The smallest absolute Gasteiger partial charge is 0.221 e. The Bertz CT molecular complexity index is 492. The quantitative estimate of drug-likeness (QED) is 0.696. The number of nitrogens with zero attached hydrogens (tertiary/aromatic N) is 1. The molecule has 0 aliphatic rings. The first-order valence-electron chi connectivity index (χ1n) is 5.77. The van der Waals surface area contributed by atoms with Gasteiger partial charge in [0.15, 0.2) is 0 Å². The van der Waals surface area contributed by atoms with Crippen molar-refractivity contribution >= 4 is 22.9 Å². The molecule has 0 aliphatic heterocycles. The van der Waals surface area contributed by atoms with Crippen LogP contribution in [-0.4, -0.2) is 22.4 Å². The number of nitrogens with one attached hydrogen (secondary N) is 3. The number of aromatic amines is 1. The van der Waals surface area contributed by atoms with Crippen molar-refractivity contribution in [3.63, 3.8) is 0 Å². The highest BCUT2D eigenvalue weighted by Gasteiger charge is 2.05. The van der Waals surface area contributed by atoms with Crippen LogP contribution >= 0.6 is 11.3 Å². The molecule has 5 nitrogen and oxygen atoms in total. The van der Waals surface area contributed by atoms with Gasteiger partial charge in [0.2, 0.25) is 5.91 Å². The summed E-state index contributed by atoms with van der Waals surface area (Å²) >= 11 is 1.64. The predicted molar refractivity (Wildman–Crippen MR) is 72.6 cm³/mol. The molecule has 0 spiro atoms. The van der Waals surface area contributed by atoms with Crippen molar-refractivity contribution in [2.75, 3.05) is 11.9 Å². The van der Waals surface area contributed by atoms with Crippen LogP contribution in [-0.2, 0) is 17.8 Å². The summed E-state index contributed by atoms with van der Waals surface area (Å²) in [6, 6.07) is 1.93. The molecule has 0 bridgehead atoms. The molecule has 2 aromatic rings. The number of carbonyl (C=O) groups excluding carboxylic acids is 1. The first-order valence-corrected chi connectivity index (χ1v) is 6.65. The number of carbonyl (C=O) groups is 1. The van der Waals surface area contributed by atoms with Gasteiger partial charge in [0, 0.05) is 43.2 Å². The third-order valence-corrected chi connectivity index (χ3v) is 3.39. The second-order valence-corrected chi connectivity index (χ2v) is 4.94. The molecule has 0 saturated heterocycles. The summed E-state index contributed by atoms with van der Waals surface area (Å²) in [6.07, 6.45) is 4.43. The van der Waals surface area contributed by atoms with Gasteiger partial charge >= 0.3 is 0 Å². The fourth-order valence-electron chi connectivity index (χ4n) is 1.62. The van der Waals surface area contributed by atoms with E-state index >= 15 is 0 Å². The zero-order valence-corrected chi connectivity index (χ0v) is 11.0. The van der Waals surface area contributed by atoms with Crippen LogP contribution in [0.15, 0.2) is 24.0 Å². The molecule has 0 saturated carbocycles. The van der Waals surface area contributed by atoms with Gasteiger partial charge in [0.1, 0.15) is 0 Å². The Morgan fingerprint density at radius 2 is 2.44 bits per heavy atom. The fraction of sp³-hybridized carbons (Fsp3) is 0.333. The number of amides is 1. The molecule has 2 rings (SSSR count). The van der Waals surface area contributed by atoms with Crippen LogP contribution in [0, 0.1) is 0 Å². The lowest BCUT2D eigenvalue weighted by Gasteiger charge is -2.05. The summed E-state index contributed by atoms with van der Waals surface area (Å²) in [4.78, 5) is 19.2. The van der Waals surface area contributed by atoms with E-state index in [2.05, 4.69) is 20.6 Å². The first-order chi connectivity index (χ1) is 8.75. The molecule has 0 aliphatic carbocycles. The van der Waals surface area contributed by atoms with Crippen LogP contribution < -0.4 is 10.6 Å².